The van der Waals surface area contributed by atoms with Gasteiger partial charge < -0.3 is 9.47 Å². The highest BCUT2D eigenvalue weighted by atomic mass is 35.5. The van der Waals surface area contributed by atoms with Crippen LogP contribution >= 0.6 is 11.6 Å². The molecule has 0 saturated heterocycles. The van der Waals surface area contributed by atoms with E-state index in [-0.39, 0.29) is 25.0 Å². The average molecular weight is 281 g/mol. The van der Waals surface area contributed by atoms with Gasteiger partial charge in [0.05, 0.1) is 13.2 Å². The molecule has 0 amide bonds. The SMILES string of the molecule is CC(C)COC(=O)/C(F)=C(/Cl)C(=O)OCC(C)C. The lowest BCUT2D eigenvalue weighted by molar-refractivity contribution is -0.144. The van der Waals surface area contributed by atoms with Crippen molar-refractivity contribution in [3.63, 3.8) is 0 Å². The lowest BCUT2D eigenvalue weighted by atomic mass is 10.2. The van der Waals surface area contributed by atoms with E-state index >= 15 is 0 Å². The van der Waals surface area contributed by atoms with Gasteiger partial charge in [0.25, 0.3) is 0 Å². The van der Waals surface area contributed by atoms with E-state index in [1.165, 1.54) is 0 Å². The standard InChI is InChI=1S/C12H18ClFO4/c1-7(2)5-17-11(15)9(13)10(14)12(16)18-6-8(3)4/h7-8H,5-6H2,1-4H3/b10-9-. The lowest BCUT2D eigenvalue weighted by Gasteiger charge is -2.08. The molecule has 0 radical (unpaired) electrons. The zero-order valence-corrected chi connectivity index (χ0v) is 11.7. The van der Waals surface area contributed by atoms with E-state index in [2.05, 4.69) is 9.47 Å². The van der Waals surface area contributed by atoms with Gasteiger partial charge in [-0.05, 0) is 11.8 Å². The lowest BCUT2D eigenvalue weighted by Crippen LogP contribution is -2.15. The summed E-state index contributed by atoms with van der Waals surface area (Å²) in [5, 5.41) is -0.885. The molecule has 0 N–H and O–H groups in total. The molecule has 0 saturated carbocycles. The maximum absolute atomic E-state index is 13.4. The molecule has 6 heteroatoms. The molecule has 0 aliphatic carbocycles. The summed E-state index contributed by atoms with van der Waals surface area (Å²) in [4.78, 5) is 22.5. The van der Waals surface area contributed by atoms with Crippen LogP contribution < -0.4 is 0 Å². The zero-order valence-electron chi connectivity index (χ0n) is 11.0. The van der Waals surface area contributed by atoms with Crippen molar-refractivity contribution in [2.24, 2.45) is 11.8 Å². The van der Waals surface area contributed by atoms with Gasteiger partial charge in [0.15, 0.2) is 5.03 Å². The van der Waals surface area contributed by atoms with Gasteiger partial charge in [0, 0.05) is 0 Å². The van der Waals surface area contributed by atoms with Gasteiger partial charge in [-0.15, -0.1) is 0 Å². The van der Waals surface area contributed by atoms with Gasteiger partial charge in [0.1, 0.15) is 0 Å². The Morgan fingerprint density at radius 2 is 1.39 bits per heavy atom. The van der Waals surface area contributed by atoms with Gasteiger partial charge in [-0.2, -0.15) is 4.39 Å². The van der Waals surface area contributed by atoms with E-state index in [1.807, 2.05) is 13.8 Å². The number of carbonyl (C=O) groups excluding carboxylic acids is 2. The Morgan fingerprint density at radius 1 is 1.00 bits per heavy atom. The molecule has 104 valence electrons. The predicted molar refractivity (Wildman–Crippen MR) is 65.6 cm³/mol. The van der Waals surface area contributed by atoms with Crippen LogP contribution in [0, 0.1) is 11.8 Å². The van der Waals surface area contributed by atoms with E-state index in [9.17, 15) is 14.0 Å². The van der Waals surface area contributed by atoms with Crippen LogP contribution in [0.2, 0.25) is 0 Å². The second-order valence-electron chi connectivity index (χ2n) is 4.61. The number of hydrogen-bond donors (Lipinski definition) is 0. The molecule has 0 rings (SSSR count). The number of esters is 2. The second-order valence-corrected chi connectivity index (χ2v) is 4.99. The van der Waals surface area contributed by atoms with Gasteiger partial charge in [-0.25, -0.2) is 9.59 Å². The highest BCUT2D eigenvalue weighted by Crippen LogP contribution is 2.15. The fourth-order valence-electron chi connectivity index (χ4n) is 0.791. The van der Waals surface area contributed by atoms with Crippen molar-refractivity contribution in [3.8, 4) is 0 Å². The molecule has 0 aromatic carbocycles. The molecule has 18 heavy (non-hydrogen) atoms. The molecule has 0 aromatic heterocycles. The minimum absolute atomic E-state index is 0.0530. The Labute approximate surface area is 111 Å². The van der Waals surface area contributed by atoms with Crippen LogP contribution in [-0.4, -0.2) is 25.2 Å². The van der Waals surface area contributed by atoms with E-state index in [4.69, 9.17) is 11.6 Å². The molecule has 0 spiro atoms. The highest BCUT2D eigenvalue weighted by molar-refractivity contribution is 6.42. The van der Waals surface area contributed by atoms with Crippen LogP contribution in [0.5, 0.6) is 0 Å². The second kappa shape index (κ2) is 8.08. The molecular weight excluding hydrogens is 263 g/mol. The minimum Gasteiger partial charge on any atom is -0.461 e. The van der Waals surface area contributed by atoms with E-state index in [1.54, 1.807) is 13.8 Å². The summed E-state index contributed by atoms with van der Waals surface area (Å²) in [5.41, 5.74) is 0. The molecule has 0 bridgehead atoms. The summed E-state index contributed by atoms with van der Waals surface area (Å²) in [6.07, 6.45) is 0. The van der Waals surface area contributed by atoms with E-state index < -0.39 is 22.8 Å². The van der Waals surface area contributed by atoms with E-state index in [0.29, 0.717) is 0 Å². The maximum Gasteiger partial charge on any atom is 0.369 e. The van der Waals surface area contributed by atoms with Crippen molar-refractivity contribution in [3.05, 3.63) is 10.9 Å². The van der Waals surface area contributed by atoms with Crippen LogP contribution in [0.15, 0.2) is 10.9 Å². The smallest absolute Gasteiger partial charge is 0.369 e. The van der Waals surface area contributed by atoms with Crippen molar-refractivity contribution in [1.29, 1.82) is 0 Å². The zero-order chi connectivity index (χ0) is 14.3. The highest BCUT2D eigenvalue weighted by Gasteiger charge is 2.22. The van der Waals surface area contributed by atoms with Crippen molar-refractivity contribution in [1.82, 2.24) is 0 Å². The number of hydrogen-bond acceptors (Lipinski definition) is 4. The predicted octanol–water partition coefficient (Wildman–Crippen LogP) is 2.80. The topological polar surface area (TPSA) is 52.6 Å². The number of carbonyl (C=O) groups is 2. The fraction of sp³-hybridized carbons (Fsp3) is 0.667. The molecule has 4 nitrogen and oxygen atoms in total. The molecule has 0 aliphatic rings. The van der Waals surface area contributed by atoms with Gasteiger partial charge in [-0.1, -0.05) is 39.3 Å². The third-order valence-corrected chi connectivity index (χ3v) is 1.97. The van der Waals surface area contributed by atoms with Crippen LogP contribution in [0.3, 0.4) is 0 Å². The summed E-state index contributed by atoms with van der Waals surface area (Å²) >= 11 is 5.40. The third kappa shape index (κ3) is 6.59. The van der Waals surface area contributed by atoms with Crippen LogP contribution in [-0.2, 0) is 19.1 Å². The molecule has 0 heterocycles. The minimum atomic E-state index is -1.42. The first-order valence-electron chi connectivity index (χ1n) is 5.65. The Bertz CT molecular complexity index is 305. The Kier molecular flexibility index (Phi) is 7.59. The van der Waals surface area contributed by atoms with Crippen LogP contribution in [0.1, 0.15) is 27.7 Å². The van der Waals surface area contributed by atoms with Crippen LogP contribution in [0.4, 0.5) is 4.39 Å². The maximum atomic E-state index is 13.4. The van der Waals surface area contributed by atoms with Gasteiger partial charge in [-0.3, -0.25) is 0 Å². The summed E-state index contributed by atoms with van der Waals surface area (Å²) in [6, 6.07) is 0. The summed E-state index contributed by atoms with van der Waals surface area (Å²) < 4.78 is 22.7. The van der Waals surface area contributed by atoms with Crippen molar-refractivity contribution in [2.45, 2.75) is 27.7 Å². The first-order valence-corrected chi connectivity index (χ1v) is 6.03. The Morgan fingerprint density at radius 3 is 1.78 bits per heavy atom. The molecule has 0 atom stereocenters. The van der Waals surface area contributed by atoms with Crippen molar-refractivity contribution < 1.29 is 23.5 Å². The summed E-state index contributed by atoms with van der Waals surface area (Å²) in [6.45, 7) is 7.39. The van der Waals surface area contributed by atoms with Gasteiger partial charge in [0.2, 0.25) is 5.83 Å². The average Bonchev–Trinajstić information content (AvgIpc) is 2.30. The third-order valence-electron chi connectivity index (χ3n) is 1.65. The van der Waals surface area contributed by atoms with Gasteiger partial charge >= 0.3 is 11.9 Å². The fourth-order valence-corrected chi connectivity index (χ4v) is 0.922. The van der Waals surface area contributed by atoms with Crippen molar-refractivity contribution in [2.75, 3.05) is 13.2 Å². The molecule has 0 fully saturated rings. The Balaban J connectivity index is 4.49. The monoisotopic (exact) mass is 280 g/mol. The quantitative estimate of drug-likeness (QED) is 0.554. The molecular formula is C12H18ClFO4. The number of halogens is 2. The van der Waals surface area contributed by atoms with E-state index in [0.717, 1.165) is 0 Å². The first-order chi connectivity index (χ1) is 8.25. The molecule has 0 unspecified atom stereocenters. The Hall–Kier alpha value is -1.10. The summed E-state index contributed by atoms with van der Waals surface area (Å²) in [7, 11) is 0. The summed E-state index contributed by atoms with van der Waals surface area (Å²) in [5.74, 6) is -3.59. The number of ether oxygens (including phenoxy) is 2. The molecule has 0 aromatic rings. The first kappa shape index (κ1) is 16.9. The van der Waals surface area contributed by atoms with Crippen LogP contribution in [0.25, 0.3) is 0 Å². The van der Waals surface area contributed by atoms with Crippen molar-refractivity contribution >= 4 is 23.5 Å². The number of rotatable bonds is 6. The molecule has 0 aliphatic heterocycles. The largest absolute Gasteiger partial charge is 0.461 e. The normalized spacial score (nSPS) is 12.4.